The summed E-state index contributed by atoms with van der Waals surface area (Å²) in [5, 5.41) is 8.48. The zero-order valence-electron chi connectivity index (χ0n) is 15.4. The number of benzene rings is 1. The van der Waals surface area contributed by atoms with E-state index in [1.54, 1.807) is 46.0 Å². The lowest BCUT2D eigenvalue weighted by molar-refractivity contribution is -0.120. The second-order valence-corrected chi connectivity index (χ2v) is 7.01. The molecular weight excluding hydrogens is 356 g/mol. The standard InChI is InChI=1S/C17H20N4O6/c1-17(2,3)27-15(23)18-10-8-25-12-6-5-9(13-19-20-16(24)26-13)7-11(12)21(4)14(10)22/h5-7,10H,8H2,1-4H3,(H,18,23)(H,20,24). The molecule has 144 valence electrons. The van der Waals surface area contributed by atoms with Crippen molar-refractivity contribution in [2.45, 2.75) is 32.4 Å². The molecule has 0 saturated heterocycles. The zero-order valence-corrected chi connectivity index (χ0v) is 15.4. The molecule has 0 radical (unpaired) electrons. The summed E-state index contributed by atoms with van der Waals surface area (Å²) in [4.78, 5) is 37.2. The zero-order chi connectivity index (χ0) is 19.8. The van der Waals surface area contributed by atoms with Crippen LogP contribution >= 0.6 is 0 Å². The van der Waals surface area contributed by atoms with Gasteiger partial charge in [-0.2, -0.15) is 0 Å². The number of anilines is 1. The fraction of sp³-hybridized carbons (Fsp3) is 0.412. The van der Waals surface area contributed by atoms with Crippen LogP contribution < -0.4 is 20.7 Å². The molecule has 2 amide bonds. The minimum atomic E-state index is -0.913. The Hall–Kier alpha value is -3.30. The highest BCUT2D eigenvalue weighted by atomic mass is 16.6. The number of amides is 2. The molecular formula is C17H20N4O6. The van der Waals surface area contributed by atoms with Crippen LogP contribution in [0, 0.1) is 0 Å². The Morgan fingerprint density at radius 1 is 1.37 bits per heavy atom. The van der Waals surface area contributed by atoms with E-state index in [4.69, 9.17) is 13.9 Å². The van der Waals surface area contributed by atoms with Gasteiger partial charge in [0.25, 0.3) is 5.91 Å². The van der Waals surface area contributed by atoms with Gasteiger partial charge in [-0.15, -0.1) is 5.10 Å². The molecule has 1 aromatic carbocycles. The monoisotopic (exact) mass is 376 g/mol. The second kappa shape index (κ2) is 6.78. The Kier molecular flexibility index (Phi) is 4.64. The number of aromatic nitrogens is 2. The van der Waals surface area contributed by atoms with Crippen LogP contribution in [-0.2, 0) is 9.53 Å². The van der Waals surface area contributed by atoms with Crippen molar-refractivity contribution in [2.24, 2.45) is 0 Å². The first kappa shape index (κ1) is 18.5. The van der Waals surface area contributed by atoms with Gasteiger partial charge >= 0.3 is 11.8 Å². The second-order valence-electron chi connectivity index (χ2n) is 7.01. The molecule has 10 nitrogen and oxygen atoms in total. The number of fused-ring (bicyclic) bond motifs is 1. The number of nitrogens with one attached hydrogen (secondary N) is 2. The molecule has 0 spiro atoms. The van der Waals surface area contributed by atoms with Crippen molar-refractivity contribution < 1.29 is 23.5 Å². The lowest BCUT2D eigenvalue weighted by Crippen LogP contribution is -2.50. The minimum Gasteiger partial charge on any atom is -0.489 e. The van der Waals surface area contributed by atoms with Crippen molar-refractivity contribution in [3.05, 3.63) is 28.7 Å². The Balaban J connectivity index is 1.83. The maximum Gasteiger partial charge on any atom is 0.434 e. The molecule has 0 saturated carbocycles. The van der Waals surface area contributed by atoms with Crippen molar-refractivity contribution in [2.75, 3.05) is 18.6 Å². The molecule has 2 heterocycles. The van der Waals surface area contributed by atoms with Gasteiger partial charge in [-0.3, -0.25) is 4.79 Å². The van der Waals surface area contributed by atoms with E-state index in [0.29, 0.717) is 17.0 Å². The maximum absolute atomic E-state index is 12.7. The molecule has 2 N–H and O–H groups in total. The number of carbonyl (C=O) groups excluding carboxylic acids is 2. The van der Waals surface area contributed by atoms with E-state index in [2.05, 4.69) is 15.5 Å². The van der Waals surface area contributed by atoms with Gasteiger partial charge in [0.15, 0.2) is 0 Å². The van der Waals surface area contributed by atoms with Crippen molar-refractivity contribution in [1.29, 1.82) is 0 Å². The largest absolute Gasteiger partial charge is 0.489 e. The number of alkyl carbamates (subject to hydrolysis) is 1. The topological polar surface area (TPSA) is 127 Å². The molecule has 2 aromatic rings. The summed E-state index contributed by atoms with van der Waals surface area (Å²) in [6.45, 7) is 5.14. The molecule has 0 bridgehead atoms. The van der Waals surface area contributed by atoms with Crippen molar-refractivity contribution in [3.8, 4) is 17.2 Å². The molecule has 1 atom stereocenters. The van der Waals surface area contributed by atoms with Crippen molar-refractivity contribution in [3.63, 3.8) is 0 Å². The Labute approximate surface area is 154 Å². The number of hydrogen-bond acceptors (Lipinski definition) is 7. The number of carbonyl (C=O) groups is 2. The van der Waals surface area contributed by atoms with Gasteiger partial charge < -0.3 is 24.1 Å². The molecule has 0 aliphatic carbocycles. The molecule has 1 aromatic heterocycles. The summed E-state index contributed by atoms with van der Waals surface area (Å²) in [5.74, 6) is -0.514. The van der Waals surface area contributed by atoms with E-state index in [0.717, 1.165) is 0 Å². The highest BCUT2D eigenvalue weighted by Gasteiger charge is 2.32. The predicted molar refractivity (Wildman–Crippen MR) is 94.6 cm³/mol. The predicted octanol–water partition coefficient (Wildman–Crippen LogP) is 1.28. The summed E-state index contributed by atoms with van der Waals surface area (Å²) < 4.78 is 15.8. The molecule has 1 aliphatic heterocycles. The molecule has 1 aliphatic rings. The molecule has 1 unspecified atom stereocenters. The molecule has 27 heavy (non-hydrogen) atoms. The first-order valence-electron chi connectivity index (χ1n) is 8.24. The quantitative estimate of drug-likeness (QED) is 0.808. The maximum atomic E-state index is 12.7. The van der Waals surface area contributed by atoms with E-state index in [-0.39, 0.29) is 18.4 Å². The Morgan fingerprint density at radius 2 is 2.11 bits per heavy atom. The number of H-pyrrole nitrogens is 1. The SMILES string of the molecule is CN1C(=O)C(NC(=O)OC(C)(C)C)COc2ccc(-c3n[nH]c(=O)o3)cc21. The number of likely N-dealkylation sites (N-methyl/N-ethyl adjacent to an activating group) is 1. The average Bonchev–Trinajstić information content (AvgIpc) is 2.97. The van der Waals surface area contributed by atoms with E-state index < -0.39 is 23.5 Å². The van der Waals surface area contributed by atoms with E-state index in [1.165, 1.54) is 4.90 Å². The fourth-order valence-electron chi connectivity index (χ4n) is 2.54. The Morgan fingerprint density at radius 3 is 2.74 bits per heavy atom. The van der Waals surface area contributed by atoms with Crippen molar-refractivity contribution in [1.82, 2.24) is 15.5 Å². The summed E-state index contributed by atoms with van der Waals surface area (Å²) in [6.07, 6.45) is -0.706. The molecule has 10 heteroatoms. The first-order chi connectivity index (χ1) is 12.6. The summed E-state index contributed by atoms with van der Waals surface area (Å²) >= 11 is 0. The number of aromatic amines is 1. The third kappa shape index (κ3) is 4.10. The smallest absolute Gasteiger partial charge is 0.434 e. The summed E-state index contributed by atoms with van der Waals surface area (Å²) in [5.41, 5.74) is 0.265. The van der Waals surface area contributed by atoms with Crippen LogP contribution in [0.25, 0.3) is 11.5 Å². The molecule has 0 fully saturated rings. The average molecular weight is 376 g/mol. The van der Waals surface area contributed by atoms with Crippen LogP contribution in [0.4, 0.5) is 10.5 Å². The summed E-state index contributed by atoms with van der Waals surface area (Å²) in [7, 11) is 1.56. The van der Waals surface area contributed by atoms with Gasteiger partial charge in [0, 0.05) is 12.6 Å². The van der Waals surface area contributed by atoms with Crippen molar-refractivity contribution >= 4 is 17.7 Å². The lowest BCUT2D eigenvalue weighted by atomic mass is 10.1. The highest BCUT2D eigenvalue weighted by molar-refractivity contribution is 6.00. The number of ether oxygens (including phenoxy) is 2. The van der Waals surface area contributed by atoms with Crippen LogP contribution in [0.1, 0.15) is 20.8 Å². The Bertz CT molecular complexity index is 926. The highest BCUT2D eigenvalue weighted by Crippen LogP contribution is 2.34. The van der Waals surface area contributed by atoms with Gasteiger partial charge in [-0.05, 0) is 39.0 Å². The van der Waals surface area contributed by atoms with Crippen LogP contribution in [0.3, 0.4) is 0 Å². The third-order valence-electron chi connectivity index (χ3n) is 3.73. The van der Waals surface area contributed by atoms with E-state index in [9.17, 15) is 14.4 Å². The van der Waals surface area contributed by atoms with Crippen LogP contribution in [0.5, 0.6) is 5.75 Å². The number of rotatable bonds is 2. The normalized spacial score (nSPS) is 17.0. The number of nitrogens with zero attached hydrogens (tertiary/aromatic N) is 2. The number of hydrogen-bond donors (Lipinski definition) is 2. The van der Waals surface area contributed by atoms with E-state index in [1.807, 2.05) is 0 Å². The van der Waals surface area contributed by atoms with Crippen LogP contribution in [0.15, 0.2) is 27.4 Å². The first-order valence-corrected chi connectivity index (χ1v) is 8.24. The third-order valence-corrected chi connectivity index (χ3v) is 3.73. The van der Waals surface area contributed by atoms with Gasteiger partial charge in [-0.25, -0.2) is 14.7 Å². The fourth-order valence-corrected chi connectivity index (χ4v) is 2.54. The lowest BCUT2D eigenvalue weighted by Gasteiger charge is -2.23. The van der Waals surface area contributed by atoms with Gasteiger partial charge in [0.1, 0.15) is 24.0 Å². The van der Waals surface area contributed by atoms with Gasteiger partial charge in [0.2, 0.25) is 5.89 Å². The van der Waals surface area contributed by atoms with Gasteiger partial charge in [-0.1, -0.05) is 0 Å². The van der Waals surface area contributed by atoms with Crippen LogP contribution in [0.2, 0.25) is 0 Å². The minimum absolute atomic E-state index is 0.0494. The van der Waals surface area contributed by atoms with Gasteiger partial charge in [0.05, 0.1) is 5.69 Å². The van der Waals surface area contributed by atoms with E-state index >= 15 is 0 Å². The summed E-state index contributed by atoms with van der Waals surface area (Å²) in [6, 6.07) is 3.99. The molecule has 3 rings (SSSR count). The van der Waals surface area contributed by atoms with Crippen LogP contribution in [-0.4, -0.2) is 47.5 Å².